The summed E-state index contributed by atoms with van der Waals surface area (Å²) in [5.41, 5.74) is 1.80. The SMILES string of the molecule is COC(=O)c1ccc(N2CCCC2)c(NC(=O)Cn2cnc3c(cnn3C)c2=O)c1. The fraction of sp³-hybridized carbons (Fsp3) is 0.350. The Hall–Kier alpha value is -3.69. The summed E-state index contributed by atoms with van der Waals surface area (Å²) in [6, 6.07) is 5.09. The molecule has 0 unspecified atom stereocenters. The Labute approximate surface area is 172 Å². The molecular weight excluding hydrogens is 388 g/mol. The van der Waals surface area contributed by atoms with Gasteiger partial charge in [0.05, 0.1) is 30.2 Å². The van der Waals surface area contributed by atoms with E-state index in [2.05, 4.69) is 20.3 Å². The van der Waals surface area contributed by atoms with Gasteiger partial charge < -0.3 is 15.0 Å². The summed E-state index contributed by atoms with van der Waals surface area (Å²) in [6.07, 6.45) is 4.90. The molecule has 1 aliphatic heterocycles. The monoisotopic (exact) mass is 410 g/mol. The fourth-order valence-electron chi connectivity index (χ4n) is 3.64. The number of rotatable bonds is 5. The van der Waals surface area contributed by atoms with Crippen LogP contribution in [0.4, 0.5) is 11.4 Å². The summed E-state index contributed by atoms with van der Waals surface area (Å²) in [6.45, 7) is 1.54. The van der Waals surface area contributed by atoms with Crippen LogP contribution in [0.2, 0.25) is 0 Å². The van der Waals surface area contributed by atoms with Gasteiger partial charge in [-0.05, 0) is 31.0 Å². The fourth-order valence-corrected chi connectivity index (χ4v) is 3.64. The topological polar surface area (TPSA) is 111 Å². The molecule has 1 N–H and O–H groups in total. The van der Waals surface area contributed by atoms with Crippen molar-refractivity contribution in [1.29, 1.82) is 0 Å². The van der Waals surface area contributed by atoms with Crippen LogP contribution in [-0.4, -0.2) is 51.4 Å². The number of ether oxygens (including phenoxy) is 1. The summed E-state index contributed by atoms with van der Waals surface area (Å²) in [5.74, 6) is -0.884. The number of carbonyl (C=O) groups is 2. The summed E-state index contributed by atoms with van der Waals surface area (Å²) >= 11 is 0. The van der Waals surface area contributed by atoms with Gasteiger partial charge in [-0.2, -0.15) is 5.10 Å². The number of aromatic nitrogens is 4. The molecular formula is C20H22N6O4. The number of anilines is 2. The van der Waals surface area contributed by atoms with E-state index < -0.39 is 11.9 Å². The zero-order chi connectivity index (χ0) is 21.3. The van der Waals surface area contributed by atoms with Crippen molar-refractivity contribution in [2.45, 2.75) is 19.4 Å². The van der Waals surface area contributed by atoms with Crippen LogP contribution in [-0.2, 0) is 23.1 Å². The molecule has 156 valence electrons. The molecule has 0 bridgehead atoms. The summed E-state index contributed by atoms with van der Waals surface area (Å²) < 4.78 is 7.53. The van der Waals surface area contributed by atoms with Gasteiger partial charge in [0.1, 0.15) is 18.3 Å². The summed E-state index contributed by atoms with van der Waals surface area (Å²) in [5, 5.41) is 7.21. The van der Waals surface area contributed by atoms with E-state index in [1.165, 1.54) is 28.9 Å². The van der Waals surface area contributed by atoms with Gasteiger partial charge in [-0.15, -0.1) is 0 Å². The zero-order valence-corrected chi connectivity index (χ0v) is 16.8. The Bertz CT molecular complexity index is 1180. The van der Waals surface area contributed by atoms with Crippen LogP contribution in [0.25, 0.3) is 11.0 Å². The molecule has 0 atom stereocenters. The minimum absolute atomic E-state index is 0.210. The van der Waals surface area contributed by atoms with E-state index in [9.17, 15) is 14.4 Å². The predicted molar refractivity (Wildman–Crippen MR) is 111 cm³/mol. The number of hydrogen-bond acceptors (Lipinski definition) is 7. The van der Waals surface area contributed by atoms with Crippen LogP contribution in [0.5, 0.6) is 0 Å². The van der Waals surface area contributed by atoms with Crippen molar-refractivity contribution in [1.82, 2.24) is 19.3 Å². The lowest BCUT2D eigenvalue weighted by atomic mass is 10.1. The minimum atomic E-state index is -0.485. The Morgan fingerprint density at radius 2 is 2.00 bits per heavy atom. The Kier molecular flexibility index (Phi) is 5.21. The number of carbonyl (C=O) groups excluding carboxylic acids is 2. The minimum Gasteiger partial charge on any atom is -0.465 e. The van der Waals surface area contributed by atoms with Crippen molar-refractivity contribution < 1.29 is 14.3 Å². The second kappa shape index (κ2) is 7.97. The molecule has 1 fully saturated rings. The maximum Gasteiger partial charge on any atom is 0.337 e. The average molecular weight is 410 g/mol. The molecule has 30 heavy (non-hydrogen) atoms. The van der Waals surface area contributed by atoms with Crippen LogP contribution < -0.4 is 15.8 Å². The van der Waals surface area contributed by atoms with E-state index in [1.54, 1.807) is 19.2 Å². The van der Waals surface area contributed by atoms with Crippen LogP contribution in [0, 0.1) is 0 Å². The number of aryl methyl sites for hydroxylation is 1. The first-order valence-corrected chi connectivity index (χ1v) is 9.62. The number of nitrogens with zero attached hydrogens (tertiary/aromatic N) is 5. The highest BCUT2D eigenvalue weighted by Crippen LogP contribution is 2.30. The normalized spacial score (nSPS) is 13.6. The molecule has 3 heterocycles. The molecule has 0 radical (unpaired) electrons. The second-order valence-electron chi connectivity index (χ2n) is 7.15. The largest absolute Gasteiger partial charge is 0.465 e. The molecule has 1 amide bonds. The lowest BCUT2D eigenvalue weighted by Crippen LogP contribution is -2.29. The first-order chi connectivity index (χ1) is 14.5. The van der Waals surface area contributed by atoms with Crippen molar-refractivity contribution in [3.63, 3.8) is 0 Å². The number of fused-ring (bicyclic) bond motifs is 1. The number of nitrogens with one attached hydrogen (secondary N) is 1. The van der Waals surface area contributed by atoms with Gasteiger partial charge in [0, 0.05) is 20.1 Å². The molecule has 1 saturated heterocycles. The molecule has 0 saturated carbocycles. The number of amides is 1. The number of methoxy groups -OCH3 is 1. The molecule has 10 heteroatoms. The van der Waals surface area contributed by atoms with Crippen LogP contribution >= 0.6 is 0 Å². The van der Waals surface area contributed by atoms with Crippen molar-refractivity contribution in [2.75, 3.05) is 30.4 Å². The zero-order valence-electron chi connectivity index (χ0n) is 16.8. The summed E-state index contributed by atoms with van der Waals surface area (Å²) in [4.78, 5) is 43.6. The third-order valence-electron chi connectivity index (χ3n) is 5.17. The molecule has 3 aromatic rings. The van der Waals surface area contributed by atoms with Gasteiger partial charge in [0.25, 0.3) is 5.56 Å². The molecule has 2 aromatic heterocycles. The maximum atomic E-state index is 12.7. The molecule has 1 aromatic carbocycles. The molecule has 4 rings (SSSR count). The van der Waals surface area contributed by atoms with Gasteiger partial charge in [0.2, 0.25) is 5.91 Å². The van der Waals surface area contributed by atoms with Crippen molar-refractivity contribution in [2.24, 2.45) is 7.05 Å². The number of hydrogen-bond donors (Lipinski definition) is 1. The summed E-state index contributed by atoms with van der Waals surface area (Å²) in [7, 11) is 3.00. The van der Waals surface area contributed by atoms with Crippen LogP contribution in [0.15, 0.2) is 35.5 Å². The van der Waals surface area contributed by atoms with E-state index >= 15 is 0 Å². The smallest absolute Gasteiger partial charge is 0.337 e. The average Bonchev–Trinajstić information content (AvgIpc) is 3.40. The van der Waals surface area contributed by atoms with E-state index in [4.69, 9.17) is 4.74 Å². The van der Waals surface area contributed by atoms with Crippen molar-refractivity contribution in [3.05, 3.63) is 46.6 Å². The number of esters is 1. The van der Waals surface area contributed by atoms with Gasteiger partial charge in [0.15, 0.2) is 5.65 Å². The Morgan fingerprint density at radius 3 is 2.73 bits per heavy atom. The second-order valence-corrected chi connectivity index (χ2v) is 7.15. The third-order valence-corrected chi connectivity index (χ3v) is 5.17. The first kappa shape index (κ1) is 19.6. The third kappa shape index (κ3) is 3.63. The van der Waals surface area contributed by atoms with Gasteiger partial charge in [-0.3, -0.25) is 18.8 Å². The molecule has 10 nitrogen and oxygen atoms in total. The van der Waals surface area contributed by atoms with E-state index in [0.29, 0.717) is 22.3 Å². The van der Waals surface area contributed by atoms with Crippen LogP contribution in [0.1, 0.15) is 23.2 Å². The van der Waals surface area contributed by atoms with Crippen LogP contribution in [0.3, 0.4) is 0 Å². The lowest BCUT2D eigenvalue weighted by Gasteiger charge is -2.22. The highest BCUT2D eigenvalue weighted by atomic mass is 16.5. The highest BCUT2D eigenvalue weighted by molar-refractivity contribution is 5.98. The van der Waals surface area contributed by atoms with Gasteiger partial charge in [-0.25, -0.2) is 9.78 Å². The molecule has 1 aliphatic rings. The van der Waals surface area contributed by atoms with Gasteiger partial charge in [-0.1, -0.05) is 0 Å². The van der Waals surface area contributed by atoms with E-state index in [1.807, 2.05) is 6.07 Å². The van der Waals surface area contributed by atoms with E-state index in [0.717, 1.165) is 31.6 Å². The van der Waals surface area contributed by atoms with E-state index in [-0.39, 0.29) is 12.1 Å². The number of benzene rings is 1. The maximum absolute atomic E-state index is 12.7. The van der Waals surface area contributed by atoms with Crippen molar-refractivity contribution in [3.8, 4) is 0 Å². The quantitative estimate of drug-likeness (QED) is 0.628. The predicted octanol–water partition coefficient (Wildman–Crippen LogP) is 1.16. The van der Waals surface area contributed by atoms with Crippen molar-refractivity contribution >= 4 is 34.3 Å². The molecule has 0 aliphatic carbocycles. The highest BCUT2D eigenvalue weighted by Gasteiger charge is 2.20. The first-order valence-electron chi connectivity index (χ1n) is 9.62. The molecule has 0 spiro atoms. The Balaban J connectivity index is 1.61. The standard InChI is InChI=1S/C20H22N6O4/c1-24-18-14(10-22-24)19(28)26(12-21-18)11-17(27)23-15-9-13(20(29)30-2)5-6-16(15)25-7-3-4-8-25/h5-6,9-10,12H,3-4,7-8,11H2,1-2H3,(H,23,27). The van der Waals surface area contributed by atoms with Gasteiger partial charge >= 0.3 is 5.97 Å². The Morgan fingerprint density at radius 1 is 1.23 bits per heavy atom. The lowest BCUT2D eigenvalue weighted by molar-refractivity contribution is -0.116.